The highest BCUT2D eigenvalue weighted by molar-refractivity contribution is 8.18. The number of rotatable bonds is 7. The summed E-state index contributed by atoms with van der Waals surface area (Å²) in [6.45, 7) is 1.55. The number of amides is 1. The molecule has 1 aliphatic heterocycles. The van der Waals surface area contributed by atoms with Crippen molar-refractivity contribution in [2.45, 2.75) is 6.92 Å². The third-order valence-corrected chi connectivity index (χ3v) is 5.12. The van der Waals surface area contributed by atoms with Gasteiger partial charge >= 0.3 is 5.97 Å². The Morgan fingerprint density at radius 1 is 1.23 bits per heavy atom. The van der Waals surface area contributed by atoms with Crippen molar-refractivity contribution in [3.63, 3.8) is 0 Å². The molecule has 3 rings (SSSR count). The summed E-state index contributed by atoms with van der Waals surface area (Å²) in [5, 5.41) is 12.7. The molecular formula is C20H16Cl2N2O5S. The standard InChI is InChI=1S/C20H16Cl2N2O5S/c1-2-28-15-8-11(7-14(22)18(15)29-10-17(25)26)9-16-19(27)24-20(30-16)23-13-5-3-12(21)4-6-13/h3-9H,2,10H2,1H3,(H,25,26)(H,23,24,27)/b16-9+. The normalized spacial score (nSPS) is 16.0. The molecule has 30 heavy (non-hydrogen) atoms. The van der Waals surface area contributed by atoms with Gasteiger partial charge in [-0.2, -0.15) is 0 Å². The predicted molar refractivity (Wildman–Crippen MR) is 118 cm³/mol. The van der Waals surface area contributed by atoms with E-state index in [-0.39, 0.29) is 22.4 Å². The van der Waals surface area contributed by atoms with E-state index in [2.05, 4.69) is 10.3 Å². The summed E-state index contributed by atoms with van der Waals surface area (Å²) in [4.78, 5) is 27.9. The highest BCUT2D eigenvalue weighted by Crippen LogP contribution is 2.38. The Kier molecular flexibility index (Phi) is 7.25. The van der Waals surface area contributed by atoms with E-state index in [9.17, 15) is 9.59 Å². The predicted octanol–water partition coefficient (Wildman–Crippen LogP) is 4.75. The number of carboxylic acid groups (broad SMARTS) is 1. The molecule has 0 saturated carbocycles. The van der Waals surface area contributed by atoms with Crippen LogP contribution in [0.1, 0.15) is 12.5 Å². The van der Waals surface area contributed by atoms with E-state index in [1.807, 2.05) is 0 Å². The molecule has 1 aliphatic rings. The maximum Gasteiger partial charge on any atom is 0.341 e. The first-order valence-electron chi connectivity index (χ1n) is 8.71. The zero-order valence-electron chi connectivity index (χ0n) is 15.6. The number of carbonyl (C=O) groups excluding carboxylic acids is 1. The van der Waals surface area contributed by atoms with Gasteiger partial charge in [-0.15, -0.1) is 0 Å². The second-order valence-corrected chi connectivity index (χ2v) is 7.78. The summed E-state index contributed by atoms with van der Waals surface area (Å²) in [5.74, 6) is -1.01. The van der Waals surface area contributed by atoms with E-state index in [0.717, 1.165) is 0 Å². The molecule has 1 saturated heterocycles. The molecule has 1 amide bonds. The number of halogens is 2. The minimum atomic E-state index is -1.13. The van der Waals surface area contributed by atoms with Gasteiger partial charge in [0, 0.05) is 5.02 Å². The van der Waals surface area contributed by atoms with Crippen molar-refractivity contribution in [1.29, 1.82) is 0 Å². The van der Waals surface area contributed by atoms with Crippen molar-refractivity contribution in [1.82, 2.24) is 5.32 Å². The lowest BCUT2D eigenvalue weighted by atomic mass is 10.2. The summed E-state index contributed by atoms with van der Waals surface area (Å²) in [6.07, 6.45) is 1.64. The molecule has 0 aliphatic carbocycles. The number of hydrogen-bond acceptors (Lipinski definition) is 6. The Balaban J connectivity index is 1.85. The molecule has 0 atom stereocenters. The Hall–Kier alpha value is -2.68. The van der Waals surface area contributed by atoms with Gasteiger partial charge < -0.3 is 19.9 Å². The molecule has 2 N–H and O–H groups in total. The lowest BCUT2D eigenvalue weighted by molar-refractivity contribution is -0.139. The molecule has 0 bridgehead atoms. The van der Waals surface area contributed by atoms with Crippen molar-refractivity contribution in [2.75, 3.05) is 13.2 Å². The number of aliphatic carboxylic acids is 1. The molecule has 7 nitrogen and oxygen atoms in total. The fraction of sp³-hybridized carbons (Fsp3) is 0.150. The van der Waals surface area contributed by atoms with Gasteiger partial charge in [0.15, 0.2) is 23.3 Å². The van der Waals surface area contributed by atoms with Crippen LogP contribution in [0, 0.1) is 0 Å². The van der Waals surface area contributed by atoms with E-state index in [1.54, 1.807) is 49.4 Å². The van der Waals surface area contributed by atoms with Crippen molar-refractivity contribution in [2.24, 2.45) is 4.99 Å². The van der Waals surface area contributed by atoms with Gasteiger partial charge in [0.25, 0.3) is 5.91 Å². The SMILES string of the molecule is CCOc1cc(/C=C2/SC(=Nc3ccc(Cl)cc3)NC2=O)cc(Cl)c1OCC(=O)O. The zero-order chi connectivity index (χ0) is 21.7. The van der Waals surface area contributed by atoms with Gasteiger partial charge in [-0.25, -0.2) is 9.79 Å². The molecule has 10 heteroatoms. The summed E-state index contributed by atoms with van der Waals surface area (Å²) in [7, 11) is 0. The molecule has 156 valence electrons. The number of carboxylic acids is 1. The Morgan fingerprint density at radius 2 is 1.97 bits per heavy atom. The first kappa shape index (κ1) is 22.0. The summed E-state index contributed by atoms with van der Waals surface area (Å²) in [6, 6.07) is 10.1. The van der Waals surface area contributed by atoms with Gasteiger partial charge in [-0.05, 0) is 66.7 Å². The van der Waals surface area contributed by atoms with Gasteiger partial charge in [-0.1, -0.05) is 23.2 Å². The molecule has 2 aromatic rings. The van der Waals surface area contributed by atoms with Crippen LogP contribution in [0.4, 0.5) is 5.69 Å². The minimum Gasteiger partial charge on any atom is -0.490 e. The summed E-state index contributed by atoms with van der Waals surface area (Å²) in [5.41, 5.74) is 1.25. The van der Waals surface area contributed by atoms with Crippen LogP contribution in [0.5, 0.6) is 11.5 Å². The second-order valence-electron chi connectivity index (χ2n) is 5.90. The number of thioether (sulfide) groups is 1. The van der Waals surface area contributed by atoms with Crippen molar-refractivity contribution < 1.29 is 24.2 Å². The lowest BCUT2D eigenvalue weighted by Gasteiger charge is -2.13. The molecule has 0 aromatic heterocycles. The molecule has 0 spiro atoms. The van der Waals surface area contributed by atoms with Crippen molar-refractivity contribution in [3.8, 4) is 11.5 Å². The van der Waals surface area contributed by atoms with E-state index < -0.39 is 12.6 Å². The van der Waals surface area contributed by atoms with Crippen LogP contribution < -0.4 is 14.8 Å². The van der Waals surface area contributed by atoms with E-state index in [4.69, 9.17) is 37.8 Å². The molecular weight excluding hydrogens is 451 g/mol. The van der Waals surface area contributed by atoms with Gasteiger partial charge in [0.1, 0.15) is 0 Å². The molecule has 2 aromatic carbocycles. The number of nitrogens with zero attached hydrogens (tertiary/aromatic N) is 1. The number of hydrogen-bond donors (Lipinski definition) is 2. The molecule has 0 unspecified atom stereocenters. The largest absolute Gasteiger partial charge is 0.490 e. The van der Waals surface area contributed by atoms with Gasteiger partial charge in [0.05, 0.1) is 22.2 Å². The maximum atomic E-state index is 12.3. The monoisotopic (exact) mass is 466 g/mol. The first-order valence-corrected chi connectivity index (χ1v) is 10.3. The van der Waals surface area contributed by atoms with E-state index in [0.29, 0.717) is 33.0 Å². The van der Waals surface area contributed by atoms with Crippen LogP contribution >= 0.6 is 35.0 Å². The Labute approximate surface area is 186 Å². The fourth-order valence-corrected chi connectivity index (χ4v) is 3.71. The van der Waals surface area contributed by atoms with Crippen molar-refractivity contribution in [3.05, 3.63) is 56.9 Å². The topological polar surface area (TPSA) is 97.2 Å². The van der Waals surface area contributed by atoms with Crippen LogP contribution in [-0.4, -0.2) is 35.4 Å². The van der Waals surface area contributed by atoms with Crippen LogP contribution in [-0.2, 0) is 9.59 Å². The van der Waals surface area contributed by atoms with Gasteiger partial charge in [-0.3, -0.25) is 4.79 Å². The Bertz CT molecular complexity index is 1040. The fourth-order valence-electron chi connectivity index (χ4n) is 2.47. The summed E-state index contributed by atoms with van der Waals surface area (Å²) >= 11 is 13.3. The quantitative estimate of drug-likeness (QED) is 0.571. The number of nitrogens with one attached hydrogen (secondary N) is 1. The highest BCUT2D eigenvalue weighted by Gasteiger charge is 2.24. The van der Waals surface area contributed by atoms with Crippen LogP contribution in [0.25, 0.3) is 6.08 Å². The lowest BCUT2D eigenvalue weighted by Crippen LogP contribution is -2.19. The molecule has 0 radical (unpaired) electrons. The van der Waals surface area contributed by atoms with Crippen LogP contribution in [0.3, 0.4) is 0 Å². The van der Waals surface area contributed by atoms with Crippen LogP contribution in [0.2, 0.25) is 10.0 Å². The average molecular weight is 467 g/mol. The number of benzene rings is 2. The van der Waals surface area contributed by atoms with E-state index in [1.165, 1.54) is 11.8 Å². The Morgan fingerprint density at radius 3 is 2.63 bits per heavy atom. The average Bonchev–Trinajstić information content (AvgIpc) is 3.02. The zero-order valence-corrected chi connectivity index (χ0v) is 18.0. The first-order chi connectivity index (χ1) is 14.4. The number of amidine groups is 1. The maximum absolute atomic E-state index is 12.3. The number of ether oxygens (including phenoxy) is 2. The third kappa shape index (κ3) is 5.69. The van der Waals surface area contributed by atoms with Gasteiger partial charge in [0.2, 0.25) is 0 Å². The molecule has 1 fully saturated rings. The van der Waals surface area contributed by atoms with Crippen molar-refractivity contribution >= 4 is 63.8 Å². The summed E-state index contributed by atoms with van der Waals surface area (Å²) < 4.78 is 10.7. The molecule has 1 heterocycles. The minimum absolute atomic E-state index is 0.136. The second kappa shape index (κ2) is 9.88. The number of aliphatic imine (C=N–C) groups is 1. The third-order valence-electron chi connectivity index (χ3n) is 3.68. The smallest absolute Gasteiger partial charge is 0.341 e. The van der Waals surface area contributed by atoms with Crippen LogP contribution in [0.15, 0.2) is 46.3 Å². The number of carbonyl (C=O) groups is 2. The highest BCUT2D eigenvalue weighted by atomic mass is 35.5. The van der Waals surface area contributed by atoms with E-state index >= 15 is 0 Å².